The van der Waals surface area contributed by atoms with Crippen LogP contribution in [0.5, 0.6) is 0 Å². The van der Waals surface area contributed by atoms with Crippen molar-refractivity contribution >= 4 is 32.2 Å². The van der Waals surface area contributed by atoms with Crippen LogP contribution in [0.25, 0.3) is 0 Å². The Kier molecular flexibility index (Phi) is 4.84. The van der Waals surface area contributed by atoms with E-state index in [1.54, 1.807) is 24.3 Å². The maximum atomic E-state index is 12.3. The van der Waals surface area contributed by atoms with Gasteiger partial charge in [0.1, 0.15) is 0 Å². The smallest absolute Gasteiger partial charge is 0.263 e. The fourth-order valence-corrected chi connectivity index (χ4v) is 4.07. The Morgan fingerprint density at radius 2 is 1.86 bits per heavy atom. The SMILES string of the molecule is CCNc1ccc(S(=O)(=O)Nc2nc(CC)c(C)s2)cc1. The number of benzene rings is 1. The minimum Gasteiger partial charge on any atom is -0.385 e. The predicted molar refractivity (Wildman–Crippen MR) is 87.6 cm³/mol. The number of nitrogens with one attached hydrogen (secondary N) is 2. The van der Waals surface area contributed by atoms with E-state index in [-0.39, 0.29) is 4.90 Å². The Morgan fingerprint density at radius 3 is 2.38 bits per heavy atom. The van der Waals surface area contributed by atoms with Crippen LogP contribution in [0, 0.1) is 6.92 Å². The first-order valence-electron chi connectivity index (χ1n) is 6.79. The second-order valence-corrected chi connectivity index (χ2v) is 7.42. The number of hydrogen-bond donors (Lipinski definition) is 2. The summed E-state index contributed by atoms with van der Waals surface area (Å²) in [7, 11) is -3.59. The van der Waals surface area contributed by atoms with Gasteiger partial charge in [0.05, 0.1) is 10.6 Å². The summed E-state index contributed by atoms with van der Waals surface area (Å²) in [5, 5.41) is 3.55. The molecule has 21 heavy (non-hydrogen) atoms. The molecule has 0 unspecified atom stereocenters. The second kappa shape index (κ2) is 6.44. The van der Waals surface area contributed by atoms with Gasteiger partial charge in [0.2, 0.25) is 0 Å². The van der Waals surface area contributed by atoms with Crippen molar-refractivity contribution in [1.82, 2.24) is 4.98 Å². The standard InChI is InChI=1S/C14H19N3O2S2/c1-4-13-10(3)20-14(16-13)17-21(18,19)12-8-6-11(7-9-12)15-5-2/h6-9,15H,4-5H2,1-3H3,(H,16,17). The van der Waals surface area contributed by atoms with Gasteiger partial charge in [-0.25, -0.2) is 13.4 Å². The van der Waals surface area contributed by atoms with Gasteiger partial charge in [-0.1, -0.05) is 6.92 Å². The molecule has 7 heteroatoms. The summed E-state index contributed by atoms with van der Waals surface area (Å²) in [5.41, 5.74) is 1.83. The van der Waals surface area contributed by atoms with Crippen molar-refractivity contribution in [3.63, 3.8) is 0 Å². The van der Waals surface area contributed by atoms with Crippen LogP contribution in [0.1, 0.15) is 24.4 Å². The van der Waals surface area contributed by atoms with Crippen LogP contribution in [0.15, 0.2) is 29.2 Å². The highest BCUT2D eigenvalue weighted by molar-refractivity contribution is 7.93. The van der Waals surface area contributed by atoms with Crippen molar-refractivity contribution in [1.29, 1.82) is 0 Å². The zero-order valence-electron chi connectivity index (χ0n) is 12.3. The summed E-state index contributed by atoms with van der Waals surface area (Å²) < 4.78 is 27.2. The summed E-state index contributed by atoms with van der Waals surface area (Å²) in [4.78, 5) is 5.57. The molecule has 0 spiro atoms. The largest absolute Gasteiger partial charge is 0.385 e. The molecule has 1 heterocycles. The van der Waals surface area contributed by atoms with Crippen LogP contribution in [0.4, 0.5) is 10.8 Å². The molecule has 5 nitrogen and oxygen atoms in total. The topological polar surface area (TPSA) is 71.1 Å². The molecule has 0 saturated carbocycles. The summed E-state index contributed by atoms with van der Waals surface area (Å²) in [6.07, 6.45) is 0.793. The monoisotopic (exact) mass is 325 g/mol. The van der Waals surface area contributed by atoms with E-state index in [9.17, 15) is 8.42 Å². The molecule has 0 atom stereocenters. The van der Waals surface area contributed by atoms with E-state index in [0.29, 0.717) is 5.13 Å². The highest BCUT2D eigenvalue weighted by Gasteiger charge is 2.17. The highest BCUT2D eigenvalue weighted by Crippen LogP contribution is 2.25. The van der Waals surface area contributed by atoms with Gasteiger partial charge in [0, 0.05) is 17.1 Å². The number of thiazole rings is 1. The Balaban J connectivity index is 2.20. The van der Waals surface area contributed by atoms with Crippen molar-refractivity contribution in [2.75, 3.05) is 16.6 Å². The van der Waals surface area contributed by atoms with Gasteiger partial charge in [0.15, 0.2) is 5.13 Å². The number of rotatable bonds is 6. The molecule has 2 rings (SSSR count). The minimum atomic E-state index is -3.59. The van der Waals surface area contributed by atoms with E-state index in [4.69, 9.17) is 0 Å². The van der Waals surface area contributed by atoms with Crippen LogP contribution >= 0.6 is 11.3 Å². The lowest BCUT2D eigenvalue weighted by molar-refractivity contribution is 0.601. The first-order chi connectivity index (χ1) is 9.96. The van der Waals surface area contributed by atoms with Crippen LogP contribution in [0.3, 0.4) is 0 Å². The maximum absolute atomic E-state index is 12.3. The molecule has 0 amide bonds. The Labute approximate surface area is 129 Å². The minimum absolute atomic E-state index is 0.232. The van der Waals surface area contributed by atoms with Crippen LogP contribution in [-0.2, 0) is 16.4 Å². The summed E-state index contributed by atoms with van der Waals surface area (Å²) >= 11 is 1.36. The molecule has 0 radical (unpaired) electrons. The molecule has 0 aliphatic rings. The third-order valence-electron chi connectivity index (χ3n) is 2.99. The Hall–Kier alpha value is -1.60. The summed E-state index contributed by atoms with van der Waals surface area (Å²) in [5.74, 6) is 0. The quantitative estimate of drug-likeness (QED) is 0.855. The van der Waals surface area contributed by atoms with Crippen molar-refractivity contribution < 1.29 is 8.42 Å². The molecule has 2 aromatic rings. The van der Waals surface area contributed by atoms with Crippen molar-refractivity contribution in [3.05, 3.63) is 34.8 Å². The number of anilines is 2. The molecule has 0 bridgehead atoms. The lowest BCUT2D eigenvalue weighted by Gasteiger charge is -2.07. The van der Waals surface area contributed by atoms with Crippen molar-refractivity contribution in [2.24, 2.45) is 0 Å². The van der Waals surface area contributed by atoms with E-state index in [1.807, 2.05) is 20.8 Å². The zero-order chi connectivity index (χ0) is 15.5. The summed E-state index contributed by atoms with van der Waals surface area (Å²) in [6.45, 7) is 6.73. The lowest BCUT2D eigenvalue weighted by atomic mass is 10.3. The first-order valence-corrected chi connectivity index (χ1v) is 9.09. The van der Waals surface area contributed by atoms with Crippen LogP contribution < -0.4 is 10.0 Å². The molecule has 0 fully saturated rings. The molecular weight excluding hydrogens is 306 g/mol. The fraction of sp³-hybridized carbons (Fsp3) is 0.357. The van der Waals surface area contributed by atoms with Gasteiger partial charge in [-0.3, -0.25) is 4.72 Å². The molecule has 0 aliphatic heterocycles. The van der Waals surface area contributed by atoms with Crippen LogP contribution in [-0.4, -0.2) is 19.9 Å². The third-order valence-corrected chi connectivity index (χ3v) is 5.41. The Morgan fingerprint density at radius 1 is 1.19 bits per heavy atom. The molecule has 1 aromatic heterocycles. The molecule has 1 aromatic carbocycles. The van der Waals surface area contributed by atoms with E-state index in [0.717, 1.165) is 29.2 Å². The van der Waals surface area contributed by atoms with Crippen molar-refractivity contribution in [3.8, 4) is 0 Å². The van der Waals surface area contributed by atoms with E-state index >= 15 is 0 Å². The predicted octanol–water partition coefficient (Wildman–Crippen LogP) is 3.25. The first kappa shape index (κ1) is 15.8. The average Bonchev–Trinajstić information content (AvgIpc) is 2.79. The lowest BCUT2D eigenvalue weighted by Crippen LogP contribution is -2.12. The van der Waals surface area contributed by atoms with Gasteiger partial charge >= 0.3 is 0 Å². The number of aromatic nitrogens is 1. The molecule has 114 valence electrons. The fourth-order valence-electron chi connectivity index (χ4n) is 1.93. The number of sulfonamides is 1. The summed E-state index contributed by atoms with van der Waals surface area (Å²) in [6, 6.07) is 6.67. The van der Waals surface area contributed by atoms with Crippen LogP contribution in [0.2, 0.25) is 0 Å². The molecule has 0 saturated heterocycles. The molecular formula is C14H19N3O2S2. The maximum Gasteiger partial charge on any atom is 0.263 e. The van der Waals surface area contributed by atoms with Gasteiger partial charge in [0.25, 0.3) is 10.0 Å². The zero-order valence-corrected chi connectivity index (χ0v) is 13.9. The second-order valence-electron chi connectivity index (χ2n) is 4.54. The van der Waals surface area contributed by atoms with E-state index in [2.05, 4.69) is 15.0 Å². The third kappa shape index (κ3) is 3.74. The molecule has 2 N–H and O–H groups in total. The van der Waals surface area contributed by atoms with Gasteiger partial charge in [-0.2, -0.15) is 0 Å². The number of aryl methyl sites for hydroxylation is 2. The average molecular weight is 325 g/mol. The van der Waals surface area contributed by atoms with Gasteiger partial charge < -0.3 is 5.32 Å². The number of hydrogen-bond acceptors (Lipinski definition) is 5. The normalized spacial score (nSPS) is 11.4. The molecule has 0 aliphatic carbocycles. The van der Waals surface area contributed by atoms with E-state index < -0.39 is 10.0 Å². The Bertz CT molecular complexity index is 706. The highest BCUT2D eigenvalue weighted by atomic mass is 32.2. The van der Waals surface area contributed by atoms with Crippen molar-refractivity contribution in [2.45, 2.75) is 32.1 Å². The van der Waals surface area contributed by atoms with E-state index in [1.165, 1.54) is 11.3 Å². The number of nitrogens with zero attached hydrogens (tertiary/aromatic N) is 1. The van der Waals surface area contributed by atoms with Gasteiger partial charge in [-0.05, 0) is 44.5 Å². The van der Waals surface area contributed by atoms with Gasteiger partial charge in [-0.15, -0.1) is 11.3 Å².